The fourth-order valence-electron chi connectivity index (χ4n) is 2.37. The molecule has 1 heterocycles. The molecule has 3 rings (SSSR count). The van der Waals surface area contributed by atoms with Crippen molar-refractivity contribution in [2.45, 2.75) is 30.9 Å². The van der Waals surface area contributed by atoms with E-state index in [0.29, 0.717) is 11.0 Å². The number of thioether (sulfide) groups is 1. The van der Waals surface area contributed by atoms with Gasteiger partial charge >= 0.3 is 5.97 Å². The van der Waals surface area contributed by atoms with Crippen LogP contribution in [-0.2, 0) is 11.4 Å². The minimum absolute atomic E-state index is 0.230. The maximum absolute atomic E-state index is 11.2. The van der Waals surface area contributed by atoms with E-state index in [4.69, 9.17) is 4.74 Å². The van der Waals surface area contributed by atoms with Crippen LogP contribution in [0.2, 0.25) is 0 Å². The van der Waals surface area contributed by atoms with E-state index in [-0.39, 0.29) is 6.61 Å². The molecule has 0 saturated carbocycles. The third kappa shape index (κ3) is 4.23. The molecule has 0 aliphatic rings. The second-order valence-electron chi connectivity index (χ2n) is 5.77. The highest BCUT2D eigenvalue weighted by Crippen LogP contribution is 2.26. The van der Waals surface area contributed by atoms with Crippen LogP contribution in [0, 0.1) is 6.92 Å². The number of hydrogen-bond donors (Lipinski definition) is 1. The van der Waals surface area contributed by atoms with Gasteiger partial charge in [0, 0.05) is 5.69 Å². The zero-order chi connectivity index (χ0) is 18.5. The molecule has 0 fully saturated rings. The van der Waals surface area contributed by atoms with Crippen LogP contribution in [0.15, 0.2) is 59.8 Å². The third-order valence-electron chi connectivity index (χ3n) is 3.70. The average Bonchev–Trinajstić information content (AvgIpc) is 3.03. The molecule has 6 nitrogen and oxygen atoms in total. The summed E-state index contributed by atoms with van der Waals surface area (Å²) >= 11 is 1.15. The van der Waals surface area contributed by atoms with Gasteiger partial charge in [0.05, 0.1) is 0 Å². The number of aryl methyl sites for hydroxylation is 1. The van der Waals surface area contributed by atoms with E-state index in [2.05, 4.69) is 10.2 Å². The Hall–Kier alpha value is -2.80. The van der Waals surface area contributed by atoms with Gasteiger partial charge in [-0.25, -0.2) is 0 Å². The van der Waals surface area contributed by atoms with Crippen molar-refractivity contribution >= 4 is 17.7 Å². The number of nitrogens with zero attached hydrogens (tertiary/aromatic N) is 3. The minimum atomic E-state index is -0.893. The maximum atomic E-state index is 11.2. The van der Waals surface area contributed by atoms with E-state index in [1.807, 2.05) is 66.1 Å². The van der Waals surface area contributed by atoms with E-state index >= 15 is 0 Å². The number of carbonyl (C=O) groups is 1. The van der Waals surface area contributed by atoms with Crippen molar-refractivity contribution in [3.05, 3.63) is 66.0 Å². The highest BCUT2D eigenvalue weighted by atomic mass is 32.2. The number of aliphatic carboxylic acids is 1. The summed E-state index contributed by atoms with van der Waals surface area (Å²) in [7, 11) is 0. The van der Waals surface area contributed by atoms with Gasteiger partial charge in [0.25, 0.3) is 0 Å². The fraction of sp³-hybridized carbons (Fsp3) is 0.211. The van der Waals surface area contributed by atoms with E-state index in [9.17, 15) is 9.90 Å². The lowest BCUT2D eigenvalue weighted by Crippen LogP contribution is -2.13. The summed E-state index contributed by atoms with van der Waals surface area (Å²) in [6.07, 6.45) is 0. The first kappa shape index (κ1) is 18.0. The maximum Gasteiger partial charge on any atom is 0.316 e. The van der Waals surface area contributed by atoms with Crippen molar-refractivity contribution in [1.82, 2.24) is 14.8 Å². The molecule has 1 atom stereocenters. The van der Waals surface area contributed by atoms with Crippen molar-refractivity contribution in [1.29, 1.82) is 0 Å². The number of ether oxygens (including phenoxy) is 1. The highest BCUT2D eigenvalue weighted by Gasteiger charge is 2.20. The number of aromatic nitrogens is 3. The summed E-state index contributed by atoms with van der Waals surface area (Å²) < 4.78 is 7.69. The highest BCUT2D eigenvalue weighted by molar-refractivity contribution is 8.00. The molecule has 0 bridgehead atoms. The lowest BCUT2D eigenvalue weighted by Gasteiger charge is -2.12. The summed E-state index contributed by atoms with van der Waals surface area (Å²) in [6, 6.07) is 17.4. The summed E-state index contributed by atoms with van der Waals surface area (Å²) in [4.78, 5) is 11.2. The minimum Gasteiger partial charge on any atom is -0.486 e. The number of carboxylic acids is 1. The molecule has 0 spiro atoms. The third-order valence-corrected chi connectivity index (χ3v) is 4.73. The van der Waals surface area contributed by atoms with E-state index in [1.165, 1.54) is 0 Å². The van der Waals surface area contributed by atoms with Crippen molar-refractivity contribution in [3.8, 4) is 11.4 Å². The van der Waals surface area contributed by atoms with Crippen LogP contribution in [-0.4, -0.2) is 31.1 Å². The van der Waals surface area contributed by atoms with Crippen LogP contribution in [0.4, 0.5) is 0 Å². The molecule has 2 aromatic carbocycles. The lowest BCUT2D eigenvalue weighted by atomic mass is 10.2. The van der Waals surface area contributed by atoms with Crippen LogP contribution < -0.4 is 4.74 Å². The Bertz CT molecular complexity index is 896. The Morgan fingerprint density at radius 3 is 2.65 bits per heavy atom. The van der Waals surface area contributed by atoms with Gasteiger partial charge in [0.15, 0.2) is 11.0 Å². The average molecular weight is 369 g/mol. The molecule has 0 unspecified atom stereocenters. The topological polar surface area (TPSA) is 77.2 Å². The van der Waals surface area contributed by atoms with E-state index in [0.717, 1.165) is 28.8 Å². The standard InChI is InChI=1S/C19H19N3O3S/c1-13-7-6-10-16(11-13)25-12-17-20-21-19(26-14(2)18(23)24)22(17)15-8-4-3-5-9-15/h3-11,14H,12H2,1-2H3,(H,23,24)/t14-/m0/s1. The summed E-state index contributed by atoms with van der Waals surface area (Å²) in [5, 5.41) is 17.5. The monoisotopic (exact) mass is 369 g/mol. The van der Waals surface area contributed by atoms with E-state index < -0.39 is 11.2 Å². The Morgan fingerprint density at radius 1 is 1.19 bits per heavy atom. The Kier molecular flexibility index (Phi) is 5.58. The molecule has 0 saturated heterocycles. The molecule has 1 aromatic heterocycles. The van der Waals surface area contributed by atoms with Gasteiger partial charge in [-0.1, -0.05) is 42.1 Å². The van der Waals surface area contributed by atoms with Crippen molar-refractivity contribution < 1.29 is 14.6 Å². The molecule has 3 aromatic rings. The van der Waals surface area contributed by atoms with E-state index in [1.54, 1.807) is 6.92 Å². The molecule has 7 heteroatoms. The van der Waals surface area contributed by atoms with Gasteiger partial charge in [0.1, 0.15) is 17.6 Å². The van der Waals surface area contributed by atoms with Gasteiger partial charge in [-0.15, -0.1) is 10.2 Å². The number of hydrogen-bond acceptors (Lipinski definition) is 5. The molecule has 0 aliphatic heterocycles. The largest absolute Gasteiger partial charge is 0.486 e. The Morgan fingerprint density at radius 2 is 1.96 bits per heavy atom. The molecular weight excluding hydrogens is 350 g/mol. The molecule has 1 N–H and O–H groups in total. The zero-order valence-corrected chi connectivity index (χ0v) is 15.3. The second-order valence-corrected chi connectivity index (χ2v) is 7.08. The van der Waals surface area contributed by atoms with Crippen molar-refractivity contribution in [2.75, 3.05) is 0 Å². The second kappa shape index (κ2) is 8.05. The Labute approximate surface area is 155 Å². The SMILES string of the molecule is Cc1cccc(OCc2nnc(S[C@@H](C)C(=O)O)n2-c2ccccc2)c1. The first-order chi connectivity index (χ1) is 12.5. The summed E-state index contributed by atoms with van der Waals surface area (Å²) in [5.41, 5.74) is 1.97. The molecular formula is C19H19N3O3S. The molecule has 0 amide bonds. The first-order valence-electron chi connectivity index (χ1n) is 8.13. The normalized spacial score (nSPS) is 11.9. The zero-order valence-electron chi connectivity index (χ0n) is 14.5. The van der Waals surface area contributed by atoms with Crippen LogP contribution in [0.1, 0.15) is 18.3 Å². The smallest absolute Gasteiger partial charge is 0.316 e. The molecule has 0 aliphatic carbocycles. The van der Waals surface area contributed by atoms with Crippen LogP contribution in [0.5, 0.6) is 5.75 Å². The van der Waals surface area contributed by atoms with Gasteiger partial charge < -0.3 is 9.84 Å². The number of benzene rings is 2. The van der Waals surface area contributed by atoms with Gasteiger partial charge in [-0.05, 0) is 43.7 Å². The molecule has 134 valence electrons. The Balaban J connectivity index is 1.89. The first-order valence-corrected chi connectivity index (χ1v) is 9.01. The van der Waals surface area contributed by atoms with Gasteiger partial charge in [-0.3, -0.25) is 9.36 Å². The molecule has 0 radical (unpaired) electrons. The van der Waals surface area contributed by atoms with Gasteiger partial charge in [-0.2, -0.15) is 0 Å². The fourth-order valence-corrected chi connectivity index (χ4v) is 3.19. The number of para-hydroxylation sites is 1. The van der Waals surface area contributed by atoms with Crippen molar-refractivity contribution in [2.24, 2.45) is 0 Å². The lowest BCUT2D eigenvalue weighted by molar-refractivity contribution is -0.136. The van der Waals surface area contributed by atoms with Gasteiger partial charge in [0.2, 0.25) is 0 Å². The quantitative estimate of drug-likeness (QED) is 0.640. The molecule has 26 heavy (non-hydrogen) atoms. The predicted octanol–water partition coefficient (Wildman–Crippen LogP) is 3.72. The summed E-state index contributed by atoms with van der Waals surface area (Å²) in [5.74, 6) is 0.466. The van der Waals surface area contributed by atoms with Crippen LogP contribution in [0.25, 0.3) is 5.69 Å². The van der Waals surface area contributed by atoms with Crippen LogP contribution in [0.3, 0.4) is 0 Å². The predicted molar refractivity (Wildman–Crippen MR) is 99.8 cm³/mol. The number of carboxylic acid groups (broad SMARTS) is 1. The van der Waals surface area contributed by atoms with Crippen molar-refractivity contribution in [3.63, 3.8) is 0 Å². The van der Waals surface area contributed by atoms with Crippen LogP contribution >= 0.6 is 11.8 Å². The number of rotatable bonds is 7. The summed E-state index contributed by atoms with van der Waals surface area (Å²) in [6.45, 7) is 3.86.